The Morgan fingerprint density at radius 1 is 0.900 bits per heavy atom. The maximum absolute atomic E-state index is 14.1. The van der Waals surface area contributed by atoms with Crippen molar-refractivity contribution in [1.29, 1.82) is 0 Å². The van der Waals surface area contributed by atoms with Gasteiger partial charge in [0.05, 0.1) is 10.6 Å². The smallest absolute Gasteiger partial charge is 0.264 e. The first-order valence-electron chi connectivity index (χ1n) is 13.2. The third-order valence-corrected chi connectivity index (χ3v) is 8.87. The van der Waals surface area contributed by atoms with E-state index < -0.39 is 28.5 Å². The number of nitrogens with one attached hydrogen (secondary N) is 1. The Bertz CT molecular complexity index is 1430. The van der Waals surface area contributed by atoms with Gasteiger partial charge in [0.2, 0.25) is 11.8 Å². The van der Waals surface area contributed by atoms with E-state index in [1.807, 2.05) is 52.0 Å². The normalized spacial score (nSPS) is 12.8. The lowest BCUT2D eigenvalue weighted by Gasteiger charge is -2.33. The Kier molecular flexibility index (Phi) is 11.0. The predicted octanol–water partition coefficient (Wildman–Crippen LogP) is 6.22. The van der Waals surface area contributed by atoms with Gasteiger partial charge >= 0.3 is 0 Å². The summed E-state index contributed by atoms with van der Waals surface area (Å²) >= 11 is 12.2. The zero-order chi connectivity index (χ0) is 29.4. The van der Waals surface area contributed by atoms with E-state index in [0.29, 0.717) is 16.5 Å². The minimum atomic E-state index is -4.20. The molecule has 0 spiro atoms. The van der Waals surface area contributed by atoms with Crippen molar-refractivity contribution in [1.82, 2.24) is 10.2 Å². The fourth-order valence-corrected chi connectivity index (χ4v) is 5.98. The number of rotatable bonds is 12. The zero-order valence-corrected chi connectivity index (χ0v) is 25.4. The zero-order valence-electron chi connectivity index (χ0n) is 23.1. The molecule has 0 radical (unpaired) electrons. The van der Waals surface area contributed by atoms with E-state index in [2.05, 4.69) is 5.32 Å². The summed E-state index contributed by atoms with van der Waals surface area (Å²) in [6, 6.07) is 18.8. The molecule has 3 aromatic carbocycles. The Balaban J connectivity index is 2.06. The summed E-state index contributed by atoms with van der Waals surface area (Å²) < 4.78 is 28.7. The van der Waals surface area contributed by atoms with Crippen LogP contribution in [0.1, 0.15) is 44.7 Å². The number of benzene rings is 3. The SMILES string of the molecule is CC[C@H](C)NC(=O)[C@H](CC)N(Cc1cccc(C)c1)C(=O)CN(c1cccc(Cl)c1)S(=O)(=O)c1ccc(Cl)cc1. The molecule has 2 amide bonds. The summed E-state index contributed by atoms with van der Waals surface area (Å²) in [6.07, 6.45) is 1.08. The van der Waals surface area contributed by atoms with Crippen LogP contribution >= 0.6 is 23.2 Å². The van der Waals surface area contributed by atoms with Gasteiger partial charge in [0.1, 0.15) is 12.6 Å². The Labute approximate surface area is 247 Å². The number of hydrogen-bond donors (Lipinski definition) is 1. The van der Waals surface area contributed by atoms with Crippen LogP contribution < -0.4 is 9.62 Å². The van der Waals surface area contributed by atoms with Crippen LogP contribution in [0.4, 0.5) is 5.69 Å². The first-order chi connectivity index (χ1) is 19.0. The minimum absolute atomic E-state index is 0.0311. The van der Waals surface area contributed by atoms with E-state index in [1.54, 1.807) is 18.2 Å². The molecule has 3 rings (SSSR count). The van der Waals surface area contributed by atoms with Gasteiger partial charge in [-0.05, 0) is 74.7 Å². The third-order valence-electron chi connectivity index (χ3n) is 6.60. The number of sulfonamides is 1. The lowest BCUT2D eigenvalue weighted by Crippen LogP contribution is -2.53. The molecule has 0 aromatic heterocycles. The summed E-state index contributed by atoms with van der Waals surface area (Å²) in [5, 5.41) is 3.67. The standard InChI is InChI=1S/C30H35Cl2N3O4S/c1-5-22(4)33-30(37)28(6-2)34(19-23-10-7-9-21(3)17-23)29(36)20-35(26-12-8-11-25(32)18-26)40(38,39)27-15-13-24(31)14-16-27/h7-18,22,28H,5-6,19-20H2,1-4H3,(H,33,37)/t22-,28-/m0/s1. The summed E-state index contributed by atoms with van der Waals surface area (Å²) in [6.45, 7) is 7.24. The first-order valence-corrected chi connectivity index (χ1v) is 15.3. The summed E-state index contributed by atoms with van der Waals surface area (Å²) in [5.41, 5.74) is 2.06. The average molecular weight is 605 g/mol. The second-order valence-electron chi connectivity index (χ2n) is 9.70. The molecule has 7 nitrogen and oxygen atoms in total. The van der Waals surface area contributed by atoms with Crippen LogP contribution in [0.2, 0.25) is 10.0 Å². The fourth-order valence-electron chi connectivity index (χ4n) is 4.26. The van der Waals surface area contributed by atoms with Gasteiger partial charge in [-0.1, -0.05) is 72.9 Å². The van der Waals surface area contributed by atoms with E-state index in [1.165, 1.54) is 35.2 Å². The van der Waals surface area contributed by atoms with Gasteiger partial charge < -0.3 is 10.2 Å². The van der Waals surface area contributed by atoms with Gasteiger partial charge in [-0.3, -0.25) is 13.9 Å². The highest BCUT2D eigenvalue weighted by Gasteiger charge is 2.34. The van der Waals surface area contributed by atoms with E-state index in [0.717, 1.165) is 21.9 Å². The van der Waals surface area contributed by atoms with Gasteiger partial charge in [0.15, 0.2) is 0 Å². The molecule has 214 valence electrons. The van der Waals surface area contributed by atoms with Crippen molar-refractivity contribution in [3.8, 4) is 0 Å². The summed E-state index contributed by atoms with van der Waals surface area (Å²) in [4.78, 5) is 28.8. The summed E-state index contributed by atoms with van der Waals surface area (Å²) in [7, 11) is -4.20. The van der Waals surface area contributed by atoms with Crippen LogP contribution in [0.15, 0.2) is 77.7 Å². The molecule has 1 N–H and O–H groups in total. The molecular weight excluding hydrogens is 569 g/mol. The number of amides is 2. The van der Waals surface area contributed by atoms with Crippen molar-refractivity contribution in [2.45, 2.75) is 64.1 Å². The molecule has 0 bridgehead atoms. The third kappa shape index (κ3) is 7.99. The quantitative estimate of drug-likeness (QED) is 0.266. The molecule has 0 unspecified atom stereocenters. The van der Waals surface area contributed by atoms with Crippen molar-refractivity contribution in [3.63, 3.8) is 0 Å². The van der Waals surface area contributed by atoms with Crippen molar-refractivity contribution in [2.75, 3.05) is 10.8 Å². The van der Waals surface area contributed by atoms with Gasteiger partial charge in [0.25, 0.3) is 10.0 Å². The molecule has 10 heteroatoms. The maximum atomic E-state index is 14.1. The van der Waals surface area contributed by atoms with Crippen molar-refractivity contribution < 1.29 is 18.0 Å². The van der Waals surface area contributed by atoms with Crippen molar-refractivity contribution in [2.24, 2.45) is 0 Å². The Morgan fingerprint density at radius 2 is 1.57 bits per heavy atom. The van der Waals surface area contributed by atoms with Crippen LogP contribution in [-0.4, -0.2) is 43.8 Å². The van der Waals surface area contributed by atoms with Crippen LogP contribution in [0.5, 0.6) is 0 Å². The molecule has 0 heterocycles. The van der Waals surface area contributed by atoms with Crippen LogP contribution in [-0.2, 0) is 26.2 Å². The number of hydrogen-bond acceptors (Lipinski definition) is 4. The second kappa shape index (κ2) is 14.0. The van der Waals surface area contributed by atoms with Crippen LogP contribution in [0.3, 0.4) is 0 Å². The van der Waals surface area contributed by atoms with E-state index in [4.69, 9.17) is 23.2 Å². The lowest BCUT2D eigenvalue weighted by molar-refractivity contribution is -0.140. The second-order valence-corrected chi connectivity index (χ2v) is 12.4. The highest BCUT2D eigenvalue weighted by atomic mass is 35.5. The van der Waals surface area contributed by atoms with Crippen molar-refractivity contribution >= 4 is 50.7 Å². The number of anilines is 1. The molecule has 0 fully saturated rings. The number of carbonyl (C=O) groups excluding carboxylic acids is 2. The van der Waals surface area contributed by atoms with Gasteiger partial charge in [-0.15, -0.1) is 0 Å². The molecule has 0 aliphatic carbocycles. The largest absolute Gasteiger partial charge is 0.352 e. The van der Waals surface area contributed by atoms with Crippen molar-refractivity contribution in [3.05, 3.63) is 94.0 Å². The van der Waals surface area contributed by atoms with E-state index >= 15 is 0 Å². The number of nitrogens with zero attached hydrogens (tertiary/aromatic N) is 2. The predicted molar refractivity (Wildman–Crippen MR) is 161 cm³/mol. The Hall–Kier alpha value is -3.07. The highest BCUT2D eigenvalue weighted by Crippen LogP contribution is 2.27. The molecular formula is C30H35Cl2N3O4S. The number of halogens is 2. The van der Waals surface area contributed by atoms with Crippen LogP contribution in [0, 0.1) is 6.92 Å². The molecule has 2 atom stereocenters. The molecule has 0 saturated heterocycles. The summed E-state index contributed by atoms with van der Waals surface area (Å²) in [5.74, 6) is -0.808. The molecule has 0 saturated carbocycles. The topological polar surface area (TPSA) is 86.8 Å². The lowest BCUT2D eigenvalue weighted by atomic mass is 10.1. The first kappa shape index (κ1) is 31.5. The highest BCUT2D eigenvalue weighted by molar-refractivity contribution is 7.92. The van der Waals surface area contributed by atoms with Gasteiger partial charge in [-0.25, -0.2) is 8.42 Å². The molecule has 0 aliphatic rings. The van der Waals surface area contributed by atoms with Gasteiger partial charge in [0, 0.05) is 22.6 Å². The van der Waals surface area contributed by atoms with Crippen LogP contribution in [0.25, 0.3) is 0 Å². The van der Waals surface area contributed by atoms with E-state index in [9.17, 15) is 18.0 Å². The molecule has 3 aromatic rings. The molecule has 40 heavy (non-hydrogen) atoms. The van der Waals surface area contributed by atoms with E-state index in [-0.39, 0.29) is 29.1 Å². The average Bonchev–Trinajstić information content (AvgIpc) is 2.91. The number of carbonyl (C=O) groups is 2. The fraction of sp³-hybridized carbons (Fsp3) is 0.333. The number of aryl methyl sites for hydroxylation is 1. The minimum Gasteiger partial charge on any atom is -0.352 e. The Morgan fingerprint density at radius 3 is 2.17 bits per heavy atom. The molecule has 0 aliphatic heterocycles. The monoisotopic (exact) mass is 603 g/mol. The van der Waals surface area contributed by atoms with Gasteiger partial charge in [-0.2, -0.15) is 0 Å². The maximum Gasteiger partial charge on any atom is 0.264 e.